The second-order valence-corrected chi connectivity index (χ2v) is 3.49. The van der Waals surface area contributed by atoms with Crippen molar-refractivity contribution < 1.29 is 5.11 Å². The molecule has 2 aromatic rings. The van der Waals surface area contributed by atoms with E-state index in [0.29, 0.717) is 13.0 Å². The molecule has 2 rings (SSSR count). The molecule has 0 radical (unpaired) electrons. The maximum absolute atomic E-state index is 9.40. The number of hydrogen-bond acceptors (Lipinski definition) is 2. The van der Waals surface area contributed by atoms with Gasteiger partial charge in [0.05, 0.1) is 6.10 Å². The topological polar surface area (TPSA) is 62.0 Å². The average molecular weight is 190 g/mol. The van der Waals surface area contributed by atoms with Crippen LogP contribution >= 0.6 is 0 Å². The Morgan fingerprint density at radius 3 is 3.00 bits per heavy atom. The van der Waals surface area contributed by atoms with Crippen LogP contribution in [0.5, 0.6) is 0 Å². The van der Waals surface area contributed by atoms with E-state index in [9.17, 15) is 5.11 Å². The third kappa shape index (κ3) is 1.78. The lowest BCUT2D eigenvalue weighted by atomic mass is 10.1. The van der Waals surface area contributed by atoms with E-state index in [1.54, 1.807) is 0 Å². The number of aromatic nitrogens is 1. The van der Waals surface area contributed by atoms with Crippen LogP contribution in [-0.4, -0.2) is 22.7 Å². The van der Waals surface area contributed by atoms with Crippen LogP contribution in [-0.2, 0) is 6.42 Å². The largest absolute Gasteiger partial charge is 0.391 e. The molecule has 3 nitrogen and oxygen atoms in total. The molecule has 0 fully saturated rings. The van der Waals surface area contributed by atoms with Gasteiger partial charge in [0.1, 0.15) is 0 Å². The molecule has 1 atom stereocenters. The minimum Gasteiger partial charge on any atom is -0.391 e. The molecular weight excluding hydrogens is 176 g/mol. The van der Waals surface area contributed by atoms with Gasteiger partial charge >= 0.3 is 0 Å². The molecular formula is C11H14N2O. The van der Waals surface area contributed by atoms with Gasteiger partial charge in [-0.25, -0.2) is 0 Å². The van der Waals surface area contributed by atoms with Crippen LogP contribution in [0, 0.1) is 0 Å². The summed E-state index contributed by atoms with van der Waals surface area (Å²) in [4.78, 5) is 3.14. The Morgan fingerprint density at radius 1 is 1.36 bits per heavy atom. The van der Waals surface area contributed by atoms with E-state index in [0.717, 1.165) is 11.1 Å². The summed E-state index contributed by atoms with van der Waals surface area (Å²) in [6.45, 7) is 0.308. The van der Waals surface area contributed by atoms with Crippen molar-refractivity contribution in [3.05, 3.63) is 36.0 Å². The van der Waals surface area contributed by atoms with E-state index in [-0.39, 0.29) is 0 Å². The van der Waals surface area contributed by atoms with Crippen molar-refractivity contribution in [2.75, 3.05) is 6.54 Å². The number of fused-ring (bicyclic) bond motifs is 1. The van der Waals surface area contributed by atoms with E-state index in [1.165, 1.54) is 5.39 Å². The zero-order valence-electron chi connectivity index (χ0n) is 7.90. The molecule has 0 bridgehead atoms. The highest BCUT2D eigenvalue weighted by Gasteiger charge is 2.03. The number of rotatable bonds is 3. The first-order valence-electron chi connectivity index (χ1n) is 4.74. The van der Waals surface area contributed by atoms with Gasteiger partial charge in [-0.2, -0.15) is 0 Å². The van der Waals surface area contributed by atoms with Gasteiger partial charge < -0.3 is 15.8 Å². The molecule has 0 aliphatic heterocycles. The van der Waals surface area contributed by atoms with E-state index < -0.39 is 6.10 Å². The molecule has 3 heteroatoms. The second kappa shape index (κ2) is 3.82. The van der Waals surface area contributed by atoms with Crippen LogP contribution in [0.15, 0.2) is 30.5 Å². The van der Waals surface area contributed by atoms with Crippen LogP contribution < -0.4 is 5.73 Å². The molecule has 1 heterocycles. The van der Waals surface area contributed by atoms with Crippen molar-refractivity contribution in [3.8, 4) is 0 Å². The maximum atomic E-state index is 9.40. The van der Waals surface area contributed by atoms with Gasteiger partial charge in [-0.05, 0) is 29.5 Å². The zero-order chi connectivity index (χ0) is 9.97. The van der Waals surface area contributed by atoms with Crippen molar-refractivity contribution >= 4 is 10.9 Å². The van der Waals surface area contributed by atoms with Gasteiger partial charge in [0, 0.05) is 18.3 Å². The predicted octanol–water partition coefficient (Wildman–Crippen LogP) is 1.03. The summed E-state index contributed by atoms with van der Waals surface area (Å²) in [6.07, 6.45) is 2.08. The number of nitrogens with two attached hydrogens (primary N) is 1. The Hall–Kier alpha value is -1.32. The number of benzene rings is 1. The fraction of sp³-hybridized carbons (Fsp3) is 0.273. The molecule has 74 valence electrons. The van der Waals surface area contributed by atoms with Crippen molar-refractivity contribution in [2.45, 2.75) is 12.5 Å². The lowest BCUT2D eigenvalue weighted by Gasteiger charge is -2.07. The normalized spacial score (nSPS) is 13.3. The Balaban J connectivity index is 2.25. The second-order valence-electron chi connectivity index (χ2n) is 3.49. The number of H-pyrrole nitrogens is 1. The standard InChI is InChI=1S/C11H14N2O/c12-7-10(14)5-8-1-2-9-3-4-13-11(9)6-8/h1-4,6,10,13-14H,5,7,12H2. The van der Waals surface area contributed by atoms with Gasteiger partial charge in [0.25, 0.3) is 0 Å². The van der Waals surface area contributed by atoms with Crippen molar-refractivity contribution in [1.29, 1.82) is 0 Å². The van der Waals surface area contributed by atoms with Gasteiger partial charge in [-0.3, -0.25) is 0 Å². The van der Waals surface area contributed by atoms with Crippen LogP contribution in [0.25, 0.3) is 10.9 Å². The maximum Gasteiger partial charge on any atom is 0.0702 e. The van der Waals surface area contributed by atoms with Crippen molar-refractivity contribution in [3.63, 3.8) is 0 Å². The van der Waals surface area contributed by atoms with Crippen LogP contribution in [0.4, 0.5) is 0 Å². The first-order chi connectivity index (χ1) is 6.79. The molecule has 0 spiro atoms. The summed E-state index contributed by atoms with van der Waals surface area (Å²) in [5.41, 5.74) is 7.57. The Labute approximate surface area is 82.6 Å². The summed E-state index contributed by atoms with van der Waals surface area (Å²) >= 11 is 0. The third-order valence-corrected chi connectivity index (χ3v) is 2.36. The zero-order valence-corrected chi connectivity index (χ0v) is 7.90. The number of aromatic amines is 1. The van der Waals surface area contributed by atoms with Gasteiger partial charge in [0.15, 0.2) is 0 Å². The quantitative estimate of drug-likeness (QED) is 0.677. The van der Waals surface area contributed by atoms with Crippen LogP contribution in [0.1, 0.15) is 5.56 Å². The third-order valence-electron chi connectivity index (χ3n) is 2.36. The number of hydrogen-bond donors (Lipinski definition) is 3. The molecule has 0 amide bonds. The highest BCUT2D eigenvalue weighted by atomic mass is 16.3. The summed E-state index contributed by atoms with van der Waals surface area (Å²) in [5.74, 6) is 0. The van der Waals surface area contributed by atoms with Crippen molar-refractivity contribution in [2.24, 2.45) is 5.73 Å². The highest BCUT2D eigenvalue weighted by Crippen LogP contribution is 2.15. The Morgan fingerprint density at radius 2 is 2.21 bits per heavy atom. The Bertz CT molecular complexity index is 422. The minimum absolute atomic E-state index is 0.308. The fourth-order valence-electron chi connectivity index (χ4n) is 1.58. The lowest BCUT2D eigenvalue weighted by Crippen LogP contribution is -2.21. The molecule has 0 saturated carbocycles. The predicted molar refractivity (Wildman–Crippen MR) is 57.1 cm³/mol. The average Bonchev–Trinajstić information content (AvgIpc) is 2.64. The highest BCUT2D eigenvalue weighted by molar-refractivity contribution is 5.79. The lowest BCUT2D eigenvalue weighted by molar-refractivity contribution is 0.183. The Kier molecular flexibility index (Phi) is 2.52. The smallest absolute Gasteiger partial charge is 0.0702 e. The first kappa shape index (κ1) is 9.24. The summed E-state index contributed by atoms with van der Waals surface area (Å²) in [6, 6.07) is 8.14. The molecule has 1 aromatic carbocycles. The molecule has 1 unspecified atom stereocenters. The molecule has 0 aliphatic carbocycles. The number of aliphatic hydroxyl groups excluding tert-OH is 1. The number of aliphatic hydroxyl groups is 1. The van der Waals surface area contributed by atoms with Gasteiger partial charge in [0.2, 0.25) is 0 Å². The first-order valence-corrected chi connectivity index (χ1v) is 4.74. The molecule has 0 saturated heterocycles. The number of nitrogens with one attached hydrogen (secondary N) is 1. The van der Waals surface area contributed by atoms with E-state index in [2.05, 4.69) is 4.98 Å². The van der Waals surface area contributed by atoms with Crippen LogP contribution in [0.2, 0.25) is 0 Å². The molecule has 14 heavy (non-hydrogen) atoms. The monoisotopic (exact) mass is 190 g/mol. The minimum atomic E-state index is -0.442. The SMILES string of the molecule is NCC(O)Cc1ccc2cc[nH]c2c1. The summed E-state index contributed by atoms with van der Waals surface area (Å²) < 4.78 is 0. The van der Waals surface area contributed by atoms with Gasteiger partial charge in [-0.15, -0.1) is 0 Å². The molecule has 4 N–H and O–H groups in total. The summed E-state index contributed by atoms with van der Waals surface area (Å²) in [7, 11) is 0. The molecule has 0 aliphatic rings. The fourth-order valence-corrected chi connectivity index (χ4v) is 1.58. The van der Waals surface area contributed by atoms with E-state index in [4.69, 9.17) is 5.73 Å². The van der Waals surface area contributed by atoms with Crippen molar-refractivity contribution in [1.82, 2.24) is 4.98 Å². The van der Waals surface area contributed by atoms with E-state index in [1.807, 2.05) is 30.5 Å². The van der Waals surface area contributed by atoms with E-state index >= 15 is 0 Å². The van der Waals surface area contributed by atoms with Gasteiger partial charge in [-0.1, -0.05) is 12.1 Å². The molecule has 1 aromatic heterocycles. The van der Waals surface area contributed by atoms with Crippen LogP contribution in [0.3, 0.4) is 0 Å². The summed E-state index contributed by atoms with van der Waals surface area (Å²) in [5, 5.41) is 10.6.